The van der Waals surface area contributed by atoms with Gasteiger partial charge in [-0.1, -0.05) is 146 Å². The van der Waals surface area contributed by atoms with E-state index in [-0.39, 0.29) is 0 Å². The van der Waals surface area contributed by atoms with Gasteiger partial charge >= 0.3 is 0 Å². The first kappa shape index (κ1) is 27.7. The Kier molecular flexibility index (Phi) is 5.89. The molecule has 11 rings (SSSR count). The van der Waals surface area contributed by atoms with Gasteiger partial charge in [0.15, 0.2) is 0 Å². The van der Waals surface area contributed by atoms with Crippen LogP contribution in [0.5, 0.6) is 0 Å². The molecule has 232 valence electrons. The van der Waals surface area contributed by atoms with Gasteiger partial charge in [0.1, 0.15) is 11.2 Å². The van der Waals surface area contributed by atoms with E-state index in [2.05, 4.69) is 164 Å². The van der Waals surface area contributed by atoms with Crippen molar-refractivity contribution in [2.75, 3.05) is 0 Å². The molecule has 0 bridgehead atoms. The normalized spacial score (nSPS) is 12.0. The third kappa shape index (κ3) is 3.94. The van der Waals surface area contributed by atoms with Gasteiger partial charge in [0.25, 0.3) is 0 Å². The monoisotopic (exact) mass is 652 g/mol. The number of rotatable bonds is 3. The number of hydrogen-bond donors (Lipinski definition) is 0. The molecule has 0 radical (unpaired) electrons. The lowest BCUT2D eigenvalue weighted by molar-refractivity contribution is 0.673. The summed E-state index contributed by atoms with van der Waals surface area (Å²) < 4.78 is 9.11. The summed E-state index contributed by atoms with van der Waals surface area (Å²) in [6.45, 7) is 0. The molecule has 2 heteroatoms. The van der Waals surface area contributed by atoms with Gasteiger partial charge in [0.05, 0.1) is 0 Å². The van der Waals surface area contributed by atoms with Gasteiger partial charge in [-0.15, -0.1) is 11.3 Å². The van der Waals surface area contributed by atoms with Crippen LogP contribution in [-0.2, 0) is 0 Å². The lowest BCUT2D eigenvalue weighted by atomic mass is 9.85. The number of benzene rings is 9. The fourth-order valence-corrected chi connectivity index (χ4v) is 9.55. The van der Waals surface area contributed by atoms with Crippen molar-refractivity contribution in [3.05, 3.63) is 170 Å². The minimum atomic E-state index is 0.933. The predicted octanol–water partition coefficient (Wildman–Crippen LogP) is 14.4. The highest BCUT2D eigenvalue weighted by molar-refractivity contribution is 7.26. The Morgan fingerprint density at radius 1 is 0.360 bits per heavy atom. The van der Waals surface area contributed by atoms with Gasteiger partial charge in [0.2, 0.25) is 0 Å². The number of para-hydroxylation sites is 1. The second-order valence-corrected chi connectivity index (χ2v) is 14.2. The van der Waals surface area contributed by atoms with Crippen LogP contribution in [0.2, 0.25) is 0 Å². The van der Waals surface area contributed by atoms with Crippen LogP contribution in [-0.4, -0.2) is 0 Å². The molecule has 2 aromatic heterocycles. The number of hydrogen-bond acceptors (Lipinski definition) is 2. The average molecular weight is 653 g/mol. The summed E-state index contributed by atoms with van der Waals surface area (Å²) in [5.41, 5.74) is 9.44. The summed E-state index contributed by atoms with van der Waals surface area (Å²) in [5.74, 6) is 0. The molecule has 0 fully saturated rings. The van der Waals surface area contributed by atoms with Crippen molar-refractivity contribution in [1.82, 2.24) is 0 Å². The Morgan fingerprint density at radius 3 is 1.54 bits per heavy atom. The zero-order valence-electron chi connectivity index (χ0n) is 27.0. The van der Waals surface area contributed by atoms with E-state index in [0.717, 1.165) is 16.6 Å². The van der Waals surface area contributed by atoms with Gasteiger partial charge in [-0.3, -0.25) is 0 Å². The van der Waals surface area contributed by atoms with Gasteiger partial charge in [-0.25, -0.2) is 0 Å². The fourth-order valence-electron chi connectivity index (χ4n) is 8.29. The zero-order chi connectivity index (χ0) is 32.8. The summed E-state index contributed by atoms with van der Waals surface area (Å²) in [5, 5.41) is 12.4. The summed E-state index contributed by atoms with van der Waals surface area (Å²) in [6, 6.07) is 61.9. The quantitative estimate of drug-likeness (QED) is 0.173. The van der Waals surface area contributed by atoms with Crippen molar-refractivity contribution in [3.8, 4) is 33.4 Å². The predicted molar refractivity (Wildman–Crippen MR) is 215 cm³/mol. The Balaban J connectivity index is 1.16. The molecule has 0 saturated carbocycles. The van der Waals surface area contributed by atoms with Crippen molar-refractivity contribution in [2.45, 2.75) is 0 Å². The van der Waals surface area contributed by atoms with Gasteiger partial charge in [-0.05, 0) is 84.4 Å². The minimum absolute atomic E-state index is 0.933. The van der Waals surface area contributed by atoms with Crippen molar-refractivity contribution < 1.29 is 4.42 Å². The first-order valence-electron chi connectivity index (χ1n) is 17.1. The van der Waals surface area contributed by atoms with Crippen LogP contribution in [0.15, 0.2) is 174 Å². The lowest BCUT2D eigenvalue weighted by Crippen LogP contribution is -1.91. The van der Waals surface area contributed by atoms with Crippen LogP contribution >= 0.6 is 11.3 Å². The maximum atomic E-state index is 6.57. The summed E-state index contributed by atoms with van der Waals surface area (Å²) in [6.07, 6.45) is 0. The van der Waals surface area contributed by atoms with E-state index in [1.165, 1.54) is 91.3 Å². The first-order valence-corrected chi connectivity index (χ1v) is 17.9. The van der Waals surface area contributed by atoms with Crippen molar-refractivity contribution in [2.24, 2.45) is 0 Å². The van der Waals surface area contributed by atoms with Gasteiger partial charge in [-0.2, -0.15) is 0 Å². The van der Waals surface area contributed by atoms with E-state index >= 15 is 0 Å². The van der Waals surface area contributed by atoms with Crippen LogP contribution in [0.3, 0.4) is 0 Å². The Bertz CT molecular complexity index is 3070. The molecule has 1 nitrogen and oxygen atoms in total. The maximum absolute atomic E-state index is 6.57. The second kappa shape index (κ2) is 10.6. The molecule has 0 amide bonds. The highest BCUT2D eigenvalue weighted by atomic mass is 32.1. The first-order chi connectivity index (χ1) is 24.8. The van der Waals surface area contributed by atoms with Gasteiger partial charge in [0, 0.05) is 36.5 Å². The highest BCUT2D eigenvalue weighted by Crippen LogP contribution is 2.48. The standard InChI is InChI=1S/C48H28OS/c1-2-12-29(13-3-1)43-35-17-6-8-19-37(35)44(38-20-9-7-18-36(38)43)30-22-24-31(25-23-30)45-33-15-5-4-14-32(33)28-40-46-42(50-48(40)45)27-26-39-34-16-10-11-21-41(34)49-47(39)46/h1-28H. The van der Waals surface area contributed by atoms with Crippen LogP contribution < -0.4 is 0 Å². The Morgan fingerprint density at radius 2 is 0.880 bits per heavy atom. The smallest absolute Gasteiger partial charge is 0.144 e. The van der Waals surface area contributed by atoms with E-state index in [0.29, 0.717) is 0 Å². The van der Waals surface area contributed by atoms with Crippen molar-refractivity contribution in [1.29, 1.82) is 0 Å². The van der Waals surface area contributed by atoms with E-state index in [9.17, 15) is 0 Å². The molecule has 11 aromatic rings. The molecule has 0 unspecified atom stereocenters. The minimum Gasteiger partial charge on any atom is -0.455 e. The highest BCUT2D eigenvalue weighted by Gasteiger charge is 2.20. The van der Waals surface area contributed by atoms with Crippen LogP contribution in [0.1, 0.15) is 0 Å². The maximum Gasteiger partial charge on any atom is 0.144 e. The van der Waals surface area contributed by atoms with Crippen LogP contribution in [0.25, 0.3) is 108 Å². The fraction of sp³-hybridized carbons (Fsp3) is 0. The van der Waals surface area contributed by atoms with Gasteiger partial charge < -0.3 is 4.42 Å². The van der Waals surface area contributed by atoms with E-state index in [4.69, 9.17) is 4.42 Å². The van der Waals surface area contributed by atoms with Crippen LogP contribution in [0, 0.1) is 0 Å². The second-order valence-electron chi connectivity index (χ2n) is 13.1. The molecule has 9 aromatic carbocycles. The number of thiophene rings is 1. The van der Waals surface area contributed by atoms with Crippen LogP contribution in [0.4, 0.5) is 0 Å². The van der Waals surface area contributed by atoms with E-state index < -0.39 is 0 Å². The molecule has 0 atom stereocenters. The molecule has 0 aliphatic heterocycles. The topological polar surface area (TPSA) is 13.1 Å². The Hall–Kier alpha value is -6.22. The molecule has 0 saturated heterocycles. The van der Waals surface area contributed by atoms with Crippen molar-refractivity contribution >= 4 is 85.8 Å². The molecule has 0 aliphatic carbocycles. The third-order valence-corrected chi connectivity index (χ3v) is 11.6. The molecule has 50 heavy (non-hydrogen) atoms. The SMILES string of the molecule is c1ccc(-c2c3ccccc3c(-c3ccc(-c4c5ccccc5cc5c4sc4ccc6c7ccccc7oc6c45)cc3)c3ccccc23)cc1. The Labute approximate surface area is 292 Å². The summed E-state index contributed by atoms with van der Waals surface area (Å²) >= 11 is 1.87. The molecule has 0 N–H and O–H groups in total. The number of furan rings is 1. The largest absolute Gasteiger partial charge is 0.455 e. The zero-order valence-corrected chi connectivity index (χ0v) is 27.8. The molecule has 2 heterocycles. The van der Waals surface area contributed by atoms with E-state index in [1.54, 1.807) is 0 Å². The molecule has 0 spiro atoms. The summed E-state index contributed by atoms with van der Waals surface area (Å²) in [4.78, 5) is 0. The summed E-state index contributed by atoms with van der Waals surface area (Å²) in [7, 11) is 0. The molecular formula is C48H28OS. The lowest BCUT2D eigenvalue weighted by Gasteiger charge is -2.18. The number of fused-ring (bicyclic) bond motifs is 10. The van der Waals surface area contributed by atoms with Crippen molar-refractivity contribution in [3.63, 3.8) is 0 Å². The molecule has 0 aliphatic rings. The average Bonchev–Trinajstić information content (AvgIpc) is 3.74. The van der Waals surface area contributed by atoms with E-state index in [1.807, 2.05) is 17.4 Å². The third-order valence-electron chi connectivity index (χ3n) is 10.4. The molecular weight excluding hydrogens is 625 g/mol.